The number of aliphatic hydroxyl groups excluding tert-OH is 1. The minimum Gasteiger partial charge on any atom is -0.396 e. The molecule has 0 radical (unpaired) electrons. The van der Waals surface area contributed by atoms with Crippen LogP contribution in [0.15, 0.2) is 18.2 Å². The van der Waals surface area contributed by atoms with Gasteiger partial charge in [0.1, 0.15) is 0 Å². The highest BCUT2D eigenvalue weighted by Crippen LogP contribution is 2.22. The van der Waals surface area contributed by atoms with E-state index in [2.05, 4.69) is 5.32 Å². The van der Waals surface area contributed by atoms with Crippen molar-refractivity contribution in [2.24, 2.45) is 0 Å². The lowest BCUT2D eigenvalue weighted by Crippen LogP contribution is -2.16. The zero-order valence-corrected chi connectivity index (χ0v) is 9.41. The maximum absolute atomic E-state index is 10.7. The Hall–Kier alpha value is -1.17. The van der Waals surface area contributed by atoms with Gasteiger partial charge < -0.3 is 10.4 Å². The van der Waals surface area contributed by atoms with Crippen LogP contribution in [0, 0.1) is 10.1 Å². The van der Waals surface area contributed by atoms with Gasteiger partial charge in [-0.25, -0.2) is 0 Å². The number of benzene rings is 1. The first kappa shape index (κ1) is 12.9. The quantitative estimate of drug-likeness (QED) is 0.454. The van der Waals surface area contributed by atoms with E-state index in [9.17, 15) is 10.1 Å². The van der Waals surface area contributed by atoms with Gasteiger partial charge in [-0.15, -0.1) is 0 Å². The normalized spacial score (nSPS) is 10.4. The number of hydrogen-bond donors (Lipinski definition) is 2. The molecule has 0 bridgehead atoms. The largest absolute Gasteiger partial charge is 0.396 e. The number of nitrogens with zero attached hydrogens (tertiary/aromatic N) is 1. The van der Waals surface area contributed by atoms with E-state index in [1.807, 2.05) is 0 Å². The van der Waals surface area contributed by atoms with E-state index in [-0.39, 0.29) is 12.3 Å². The average molecular weight is 245 g/mol. The Kier molecular flexibility index (Phi) is 5.18. The van der Waals surface area contributed by atoms with E-state index in [0.717, 1.165) is 0 Å². The van der Waals surface area contributed by atoms with Crippen molar-refractivity contribution in [3.63, 3.8) is 0 Å². The molecule has 1 rings (SSSR count). The van der Waals surface area contributed by atoms with Gasteiger partial charge in [-0.1, -0.05) is 11.6 Å². The number of aliphatic hydroxyl groups is 1. The molecule has 1 aromatic carbocycles. The fourth-order valence-electron chi connectivity index (χ4n) is 1.30. The molecule has 1 aromatic rings. The molecule has 0 unspecified atom stereocenters. The monoisotopic (exact) mass is 244 g/mol. The minimum absolute atomic E-state index is 0.0564. The summed E-state index contributed by atoms with van der Waals surface area (Å²) in [6, 6.07) is 4.47. The number of halogens is 1. The molecule has 5 nitrogen and oxygen atoms in total. The summed E-state index contributed by atoms with van der Waals surface area (Å²) in [6.07, 6.45) is 0.619. The molecular weight excluding hydrogens is 232 g/mol. The second-order valence-corrected chi connectivity index (χ2v) is 3.72. The second-order valence-electron chi connectivity index (χ2n) is 3.28. The van der Waals surface area contributed by atoms with Crippen LogP contribution < -0.4 is 5.32 Å². The standard InChI is InChI=1S/C10H13ClN2O3/c11-9-2-3-10(13(15)16)8(6-9)7-12-4-1-5-14/h2-3,6,12,14H,1,4-5,7H2. The van der Waals surface area contributed by atoms with Crippen LogP contribution in [0.25, 0.3) is 0 Å². The summed E-state index contributed by atoms with van der Waals surface area (Å²) in [5.41, 5.74) is 0.608. The van der Waals surface area contributed by atoms with Gasteiger partial charge in [0.05, 0.1) is 4.92 Å². The fraction of sp³-hybridized carbons (Fsp3) is 0.400. The van der Waals surface area contributed by atoms with Crippen molar-refractivity contribution < 1.29 is 10.0 Å². The molecule has 0 fully saturated rings. The number of nitro groups is 1. The molecule has 0 saturated heterocycles. The molecule has 0 saturated carbocycles. The van der Waals surface area contributed by atoms with E-state index >= 15 is 0 Å². The maximum Gasteiger partial charge on any atom is 0.273 e. The zero-order valence-electron chi connectivity index (χ0n) is 8.65. The van der Waals surface area contributed by atoms with Gasteiger partial charge >= 0.3 is 0 Å². The highest BCUT2D eigenvalue weighted by molar-refractivity contribution is 6.30. The third kappa shape index (κ3) is 3.77. The molecule has 2 N–H and O–H groups in total. The molecule has 88 valence electrons. The second kappa shape index (κ2) is 6.42. The SMILES string of the molecule is O=[N+]([O-])c1ccc(Cl)cc1CNCCCO. The minimum atomic E-state index is -0.431. The van der Waals surface area contributed by atoms with Crippen LogP contribution in [0.3, 0.4) is 0 Å². The number of hydrogen-bond acceptors (Lipinski definition) is 4. The Morgan fingerprint density at radius 1 is 1.50 bits per heavy atom. The molecule has 0 spiro atoms. The topological polar surface area (TPSA) is 75.4 Å². The highest BCUT2D eigenvalue weighted by atomic mass is 35.5. The Morgan fingerprint density at radius 2 is 2.25 bits per heavy atom. The van der Waals surface area contributed by atoms with Crippen molar-refractivity contribution >= 4 is 17.3 Å². The predicted molar refractivity (Wildman–Crippen MR) is 61.5 cm³/mol. The molecule has 6 heteroatoms. The van der Waals surface area contributed by atoms with Gasteiger partial charge in [0.2, 0.25) is 0 Å². The molecule has 0 atom stereocenters. The molecule has 0 amide bonds. The van der Waals surface area contributed by atoms with E-state index < -0.39 is 4.92 Å². The van der Waals surface area contributed by atoms with E-state index in [1.54, 1.807) is 6.07 Å². The van der Waals surface area contributed by atoms with Gasteiger partial charge in [0, 0.05) is 29.8 Å². The van der Waals surface area contributed by atoms with Crippen LogP contribution >= 0.6 is 11.6 Å². The highest BCUT2D eigenvalue weighted by Gasteiger charge is 2.12. The summed E-state index contributed by atoms with van der Waals surface area (Å²) >= 11 is 5.77. The number of nitrogens with one attached hydrogen (secondary N) is 1. The molecule has 0 aromatic heterocycles. The first-order valence-corrected chi connectivity index (χ1v) is 5.27. The summed E-state index contributed by atoms with van der Waals surface area (Å²) < 4.78 is 0. The Balaban J connectivity index is 2.68. The molecule has 0 heterocycles. The summed E-state index contributed by atoms with van der Waals surface area (Å²) in [5, 5.41) is 22.8. The molecule has 0 aliphatic rings. The number of rotatable bonds is 6. The molecule has 16 heavy (non-hydrogen) atoms. The van der Waals surface area contributed by atoms with Crippen molar-refractivity contribution in [1.82, 2.24) is 5.32 Å². The molecular formula is C10H13ClN2O3. The van der Waals surface area contributed by atoms with Crippen LogP contribution in [-0.4, -0.2) is 23.2 Å². The van der Waals surface area contributed by atoms with E-state index in [4.69, 9.17) is 16.7 Å². The molecule has 0 aliphatic heterocycles. The van der Waals surface area contributed by atoms with Crippen LogP contribution in [0.4, 0.5) is 5.69 Å². The van der Waals surface area contributed by atoms with Crippen molar-refractivity contribution in [1.29, 1.82) is 0 Å². The van der Waals surface area contributed by atoms with Gasteiger partial charge in [-0.05, 0) is 25.1 Å². The summed E-state index contributed by atoms with van der Waals surface area (Å²) in [4.78, 5) is 10.3. The third-order valence-electron chi connectivity index (χ3n) is 2.07. The Labute approximate surface area is 98.2 Å². The van der Waals surface area contributed by atoms with Crippen LogP contribution in [0.2, 0.25) is 5.02 Å². The van der Waals surface area contributed by atoms with Gasteiger partial charge in [-0.2, -0.15) is 0 Å². The summed E-state index contributed by atoms with van der Waals surface area (Å²) in [6.45, 7) is 1.09. The van der Waals surface area contributed by atoms with Gasteiger partial charge in [-0.3, -0.25) is 10.1 Å². The van der Waals surface area contributed by atoms with Crippen LogP contribution in [0.1, 0.15) is 12.0 Å². The Bertz CT molecular complexity index is 371. The third-order valence-corrected chi connectivity index (χ3v) is 2.30. The lowest BCUT2D eigenvalue weighted by molar-refractivity contribution is -0.385. The van der Waals surface area contributed by atoms with Crippen LogP contribution in [-0.2, 0) is 6.54 Å². The van der Waals surface area contributed by atoms with Gasteiger partial charge in [0.25, 0.3) is 5.69 Å². The van der Waals surface area contributed by atoms with Crippen molar-refractivity contribution in [2.75, 3.05) is 13.2 Å². The smallest absolute Gasteiger partial charge is 0.273 e. The Morgan fingerprint density at radius 3 is 2.88 bits per heavy atom. The van der Waals surface area contributed by atoms with Crippen molar-refractivity contribution in [3.05, 3.63) is 38.9 Å². The maximum atomic E-state index is 10.7. The average Bonchev–Trinajstić information content (AvgIpc) is 2.24. The van der Waals surface area contributed by atoms with E-state index in [1.165, 1.54) is 12.1 Å². The lowest BCUT2D eigenvalue weighted by atomic mass is 10.2. The lowest BCUT2D eigenvalue weighted by Gasteiger charge is -2.05. The fourth-order valence-corrected chi connectivity index (χ4v) is 1.50. The summed E-state index contributed by atoms with van der Waals surface area (Å²) in [7, 11) is 0. The summed E-state index contributed by atoms with van der Waals surface area (Å²) in [5.74, 6) is 0. The van der Waals surface area contributed by atoms with Crippen molar-refractivity contribution in [2.45, 2.75) is 13.0 Å². The predicted octanol–water partition coefficient (Wildman–Crippen LogP) is 1.72. The zero-order chi connectivity index (χ0) is 12.0. The molecule has 0 aliphatic carbocycles. The van der Waals surface area contributed by atoms with Gasteiger partial charge in [0.15, 0.2) is 0 Å². The first-order chi connectivity index (χ1) is 7.65. The number of nitro benzene ring substituents is 1. The van der Waals surface area contributed by atoms with Crippen molar-refractivity contribution in [3.8, 4) is 0 Å². The first-order valence-electron chi connectivity index (χ1n) is 4.89. The van der Waals surface area contributed by atoms with E-state index in [0.29, 0.717) is 30.1 Å². The van der Waals surface area contributed by atoms with Crippen LogP contribution in [0.5, 0.6) is 0 Å².